The summed E-state index contributed by atoms with van der Waals surface area (Å²) in [5.41, 5.74) is -0.102. The molecule has 3 nitrogen and oxygen atoms in total. The van der Waals surface area contributed by atoms with Crippen molar-refractivity contribution in [1.29, 1.82) is 0 Å². The summed E-state index contributed by atoms with van der Waals surface area (Å²) in [5, 5.41) is 0. The van der Waals surface area contributed by atoms with Crippen LogP contribution in [0.2, 0.25) is 0 Å². The lowest BCUT2D eigenvalue weighted by Crippen LogP contribution is -2.15. The maximum absolute atomic E-state index is 10.8. The smallest absolute Gasteiger partial charge is 0.313 e. The van der Waals surface area contributed by atoms with Crippen LogP contribution >= 0.6 is 0 Å². The van der Waals surface area contributed by atoms with Crippen molar-refractivity contribution in [2.75, 3.05) is 0 Å². The van der Waals surface area contributed by atoms with Gasteiger partial charge < -0.3 is 4.98 Å². The Kier molecular flexibility index (Phi) is 1.96. The van der Waals surface area contributed by atoms with E-state index in [9.17, 15) is 4.79 Å². The summed E-state index contributed by atoms with van der Waals surface area (Å²) in [6.45, 7) is 0.596. The summed E-state index contributed by atoms with van der Waals surface area (Å²) in [4.78, 5) is 13.3. The number of aromatic amines is 1. The van der Waals surface area contributed by atoms with Crippen molar-refractivity contribution in [3.8, 4) is 12.3 Å². The largest absolute Gasteiger partial charge is 0.325 e. The van der Waals surface area contributed by atoms with Crippen molar-refractivity contribution in [3.05, 3.63) is 22.9 Å². The van der Waals surface area contributed by atoms with Gasteiger partial charge in [0, 0.05) is 25.4 Å². The third-order valence-corrected chi connectivity index (χ3v) is 1.22. The number of aromatic nitrogens is 2. The highest BCUT2D eigenvalue weighted by Gasteiger charge is 1.91. The number of hydrogen-bond acceptors (Lipinski definition) is 1. The first-order valence-electron chi connectivity index (χ1n) is 3.02. The van der Waals surface area contributed by atoms with E-state index in [4.69, 9.17) is 6.42 Å². The van der Waals surface area contributed by atoms with E-state index in [1.165, 1.54) is 0 Å². The maximum atomic E-state index is 10.8. The van der Waals surface area contributed by atoms with Crippen molar-refractivity contribution >= 4 is 0 Å². The first-order valence-corrected chi connectivity index (χ1v) is 3.02. The fraction of sp³-hybridized carbons (Fsp3) is 0.286. The van der Waals surface area contributed by atoms with Crippen LogP contribution in [0.4, 0.5) is 0 Å². The van der Waals surface area contributed by atoms with Crippen LogP contribution < -0.4 is 5.69 Å². The number of aryl methyl sites for hydroxylation is 1. The van der Waals surface area contributed by atoms with Crippen molar-refractivity contribution in [2.45, 2.75) is 13.0 Å². The average Bonchev–Trinajstić information content (AvgIpc) is 2.31. The molecule has 0 unspecified atom stereocenters. The SMILES string of the molecule is C#CCCn1cc[nH]c1=O. The highest BCUT2D eigenvalue weighted by Crippen LogP contribution is 1.82. The molecule has 1 aromatic heterocycles. The lowest BCUT2D eigenvalue weighted by Gasteiger charge is -1.92. The molecule has 1 N–H and O–H groups in total. The minimum Gasteiger partial charge on any atom is -0.313 e. The van der Waals surface area contributed by atoms with E-state index in [0.717, 1.165) is 0 Å². The van der Waals surface area contributed by atoms with E-state index in [-0.39, 0.29) is 5.69 Å². The fourth-order valence-electron chi connectivity index (χ4n) is 0.710. The number of nitrogens with zero attached hydrogens (tertiary/aromatic N) is 1. The average molecular weight is 136 g/mol. The van der Waals surface area contributed by atoms with Crippen molar-refractivity contribution in [3.63, 3.8) is 0 Å². The molecule has 0 spiro atoms. The molecule has 0 aliphatic rings. The molecule has 0 amide bonds. The zero-order chi connectivity index (χ0) is 7.40. The number of nitrogens with one attached hydrogen (secondary N) is 1. The fourth-order valence-corrected chi connectivity index (χ4v) is 0.710. The van der Waals surface area contributed by atoms with Gasteiger partial charge in [-0.3, -0.25) is 4.57 Å². The Bertz CT molecular complexity index is 289. The van der Waals surface area contributed by atoms with E-state index < -0.39 is 0 Å². The quantitative estimate of drug-likeness (QED) is 0.579. The first kappa shape index (κ1) is 6.69. The molecule has 0 aliphatic heterocycles. The van der Waals surface area contributed by atoms with Crippen LogP contribution in [0.15, 0.2) is 17.2 Å². The summed E-state index contributed by atoms with van der Waals surface area (Å²) in [7, 11) is 0. The zero-order valence-electron chi connectivity index (χ0n) is 5.50. The topological polar surface area (TPSA) is 37.8 Å². The monoisotopic (exact) mass is 136 g/mol. The van der Waals surface area contributed by atoms with Gasteiger partial charge in [0.2, 0.25) is 0 Å². The zero-order valence-corrected chi connectivity index (χ0v) is 5.50. The van der Waals surface area contributed by atoms with Crippen LogP contribution in [0.1, 0.15) is 6.42 Å². The molecule has 10 heavy (non-hydrogen) atoms. The van der Waals surface area contributed by atoms with Gasteiger partial charge in [0.25, 0.3) is 0 Å². The number of terminal acetylenes is 1. The normalized spacial score (nSPS) is 9.10. The number of rotatable bonds is 2. The Balaban J connectivity index is 2.68. The molecule has 1 heterocycles. The van der Waals surface area contributed by atoms with Crippen molar-refractivity contribution in [2.24, 2.45) is 0 Å². The molecule has 0 aliphatic carbocycles. The highest BCUT2D eigenvalue weighted by atomic mass is 16.1. The van der Waals surface area contributed by atoms with Gasteiger partial charge in [-0.1, -0.05) is 0 Å². The Morgan fingerprint density at radius 1 is 1.80 bits per heavy atom. The molecule has 1 rings (SSSR count). The molecule has 0 aromatic carbocycles. The number of imidazole rings is 1. The van der Waals surface area contributed by atoms with E-state index in [2.05, 4.69) is 10.9 Å². The molecule has 0 saturated heterocycles. The van der Waals surface area contributed by atoms with Gasteiger partial charge >= 0.3 is 5.69 Å². The third kappa shape index (κ3) is 1.29. The number of hydrogen-bond donors (Lipinski definition) is 1. The van der Waals surface area contributed by atoms with Crippen molar-refractivity contribution < 1.29 is 0 Å². The second-order valence-electron chi connectivity index (χ2n) is 1.91. The van der Waals surface area contributed by atoms with Gasteiger partial charge in [0.05, 0.1) is 0 Å². The van der Waals surface area contributed by atoms with E-state index in [1.807, 2.05) is 0 Å². The molecule has 0 bridgehead atoms. The molecule has 0 saturated carbocycles. The van der Waals surface area contributed by atoms with Gasteiger partial charge in [-0.05, 0) is 0 Å². The van der Waals surface area contributed by atoms with Gasteiger partial charge in [0.1, 0.15) is 0 Å². The Morgan fingerprint density at radius 2 is 2.60 bits per heavy atom. The summed E-state index contributed by atoms with van der Waals surface area (Å²) in [5.74, 6) is 2.46. The standard InChI is InChI=1S/C7H8N2O/c1-2-3-5-9-6-4-8-7(9)10/h1,4,6H,3,5H2,(H,8,10). The minimum absolute atomic E-state index is 0.102. The minimum atomic E-state index is -0.102. The predicted octanol–water partition coefficient (Wildman–Crippen LogP) is 0.200. The third-order valence-electron chi connectivity index (χ3n) is 1.22. The molecule has 0 atom stereocenters. The van der Waals surface area contributed by atoms with Crippen LogP contribution in [0.25, 0.3) is 0 Å². The maximum Gasteiger partial charge on any atom is 0.325 e. The summed E-state index contributed by atoms with van der Waals surface area (Å²) < 4.78 is 1.54. The second-order valence-corrected chi connectivity index (χ2v) is 1.91. The Labute approximate surface area is 58.7 Å². The highest BCUT2D eigenvalue weighted by molar-refractivity contribution is 4.85. The van der Waals surface area contributed by atoms with E-state index >= 15 is 0 Å². The van der Waals surface area contributed by atoms with Crippen molar-refractivity contribution in [1.82, 2.24) is 9.55 Å². The molecular weight excluding hydrogens is 128 g/mol. The lowest BCUT2D eigenvalue weighted by atomic mass is 10.4. The van der Waals surface area contributed by atoms with Crippen LogP contribution in [0.3, 0.4) is 0 Å². The van der Waals surface area contributed by atoms with Gasteiger partial charge in [-0.15, -0.1) is 12.3 Å². The second kappa shape index (κ2) is 2.92. The summed E-state index contributed by atoms with van der Waals surface area (Å²) >= 11 is 0. The summed E-state index contributed by atoms with van der Waals surface area (Å²) in [6, 6.07) is 0. The Morgan fingerprint density at radius 3 is 3.10 bits per heavy atom. The number of H-pyrrole nitrogens is 1. The van der Waals surface area contributed by atoms with E-state index in [0.29, 0.717) is 13.0 Å². The van der Waals surface area contributed by atoms with Gasteiger partial charge in [-0.2, -0.15) is 0 Å². The van der Waals surface area contributed by atoms with Crippen LogP contribution in [-0.4, -0.2) is 9.55 Å². The first-order chi connectivity index (χ1) is 4.84. The molecule has 0 radical (unpaired) electrons. The lowest BCUT2D eigenvalue weighted by molar-refractivity contribution is 0.692. The van der Waals surface area contributed by atoms with Crippen LogP contribution in [0.5, 0.6) is 0 Å². The molecule has 52 valence electrons. The molecule has 0 fully saturated rings. The molecule has 1 aromatic rings. The predicted molar refractivity (Wildman–Crippen MR) is 38.5 cm³/mol. The summed E-state index contributed by atoms with van der Waals surface area (Å²) in [6.07, 6.45) is 8.89. The van der Waals surface area contributed by atoms with Gasteiger partial charge in [-0.25, -0.2) is 4.79 Å². The van der Waals surface area contributed by atoms with E-state index in [1.54, 1.807) is 17.0 Å². The Hall–Kier alpha value is -1.43. The molecular formula is C7H8N2O. The van der Waals surface area contributed by atoms with Crippen LogP contribution in [-0.2, 0) is 6.54 Å². The molecule has 3 heteroatoms. The van der Waals surface area contributed by atoms with Gasteiger partial charge in [0.15, 0.2) is 0 Å². The van der Waals surface area contributed by atoms with Crippen LogP contribution in [0, 0.1) is 12.3 Å².